The Balaban J connectivity index is 2.17. The van der Waals surface area contributed by atoms with Crippen molar-refractivity contribution in [1.82, 2.24) is 14.8 Å². The Morgan fingerprint density at radius 2 is 2.32 bits per heavy atom. The lowest BCUT2D eigenvalue weighted by atomic mass is 9.85. The molecule has 0 aliphatic heterocycles. The van der Waals surface area contributed by atoms with E-state index in [4.69, 9.17) is 4.84 Å². The van der Waals surface area contributed by atoms with Gasteiger partial charge in [-0.2, -0.15) is 5.10 Å². The van der Waals surface area contributed by atoms with Crippen LogP contribution in [0.1, 0.15) is 42.2 Å². The molecule has 1 aromatic heterocycles. The maximum Gasteiger partial charge on any atom is 0.282 e. The minimum absolute atomic E-state index is 0.113. The first kappa shape index (κ1) is 16.6. The Kier molecular flexibility index (Phi) is 5.28. The molecule has 0 saturated heterocycles. The summed E-state index contributed by atoms with van der Waals surface area (Å²) < 4.78 is 27.2. The van der Waals surface area contributed by atoms with Crippen LogP contribution in [0.3, 0.4) is 0 Å². The number of halogens is 2. The Morgan fingerprint density at radius 1 is 1.59 bits per heavy atom. The third kappa shape index (κ3) is 3.52. The van der Waals surface area contributed by atoms with Crippen LogP contribution in [0.5, 0.6) is 0 Å². The first-order valence-electron chi connectivity index (χ1n) is 7.28. The van der Waals surface area contributed by atoms with E-state index in [0.717, 1.165) is 17.9 Å². The van der Waals surface area contributed by atoms with E-state index in [-0.39, 0.29) is 11.5 Å². The molecule has 122 valence electrons. The van der Waals surface area contributed by atoms with Crippen molar-refractivity contribution in [3.05, 3.63) is 29.6 Å². The molecule has 1 amide bonds. The third-order valence-electron chi connectivity index (χ3n) is 4.03. The van der Waals surface area contributed by atoms with Crippen molar-refractivity contribution >= 4 is 5.91 Å². The molecule has 0 saturated carbocycles. The number of alkyl halides is 2. The maximum atomic E-state index is 13.0. The van der Waals surface area contributed by atoms with Gasteiger partial charge in [-0.1, -0.05) is 19.1 Å². The quantitative estimate of drug-likeness (QED) is 0.620. The van der Waals surface area contributed by atoms with E-state index >= 15 is 0 Å². The van der Waals surface area contributed by atoms with Gasteiger partial charge in [0.1, 0.15) is 5.69 Å². The number of amides is 1. The second-order valence-corrected chi connectivity index (χ2v) is 5.58. The summed E-state index contributed by atoms with van der Waals surface area (Å²) in [6, 6.07) is 0. The zero-order chi connectivity index (χ0) is 16.3. The molecule has 5 nitrogen and oxygen atoms in total. The van der Waals surface area contributed by atoms with Gasteiger partial charge >= 0.3 is 0 Å². The van der Waals surface area contributed by atoms with Crippen molar-refractivity contribution in [2.24, 2.45) is 18.9 Å². The summed E-state index contributed by atoms with van der Waals surface area (Å²) in [7, 11) is 2.88. The number of hydrogen-bond donors (Lipinski definition) is 0. The molecule has 22 heavy (non-hydrogen) atoms. The van der Waals surface area contributed by atoms with Crippen molar-refractivity contribution < 1.29 is 18.4 Å². The fourth-order valence-corrected chi connectivity index (χ4v) is 2.72. The lowest BCUT2D eigenvalue weighted by molar-refractivity contribution is -0.106. The van der Waals surface area contributed by atoms with Gasteiger partial charge in [-0.05, 0) is 24.7 Å². The van der Waals surface area contributed by atoms with Crippen LogP contribution >= 0.6 is 0 Å². The van der Waals surface area contributed by atoms with Crippen LogP contribution in [-0.4, -0.2) is 34.4 Å². The number of allylic oxidation sites excluding steroid dienone is 2. The van der Waals surface area contributed by atoms with Crippen molar-refractivity contribution in [2.75, 3.05) is 13.7 Å². The predicted molar refractivity (Wildman–Crippen MR) is 77.2 cm³/mol. The molecule has 2 rings (SSSR count). The van der Waals surface area contributed by atoms with Gasteiger partial charge in [-0.3, -0.25) is 14.3 Å². The summed E-state index contributed by atoms with van der Waals surface area (Å²) in [5, 5.41) is 4.82. The zero-order valence-electron chi connectivity index (χ0n) is 13.0. The highest BCUT2D eigenvalue weighted by molar-refractivity contribution is 5.94. The Morgan fingerprint density at radius 3 is 2.91 bits per heavy atom. The van der Waals surface area contributed by atoms with Crippen molar-refractivity contribution in [2.45, 2.75) is 26.2 Å². The molecule has 0 spiro atoms. The summed E-state index contributed by atoms with van der Waals surface area (Å²) in [5.41, 5.74) is -0.621. The summed E-state index contributed by atoms with van der Waals surface area (Å²) in [6.45, 7) is 2.45. The Labute approximate surface area is 128 Å². The molecular formula is C15H21F2N3O2. The second kappa shape index (κ2) is 7.00. The zero-order valence-corrected chi connectivity index (χ0v) is 13.0. The first-order valence-corrected chi connectivity index (χ1v) is 7.28. The number of aryl methyl sites for hydroxylation is 1. The summed E-state index contributed by atoms with van der Waals surface area (Å²) in [6.07, 6.45) is 4.64. The standard InChI is InChI=1S/C15H21F2N3O2/c1-10-6-4-5-7-11(10)8-20(22-3)15(21)12-9-19(2)18-13(12)14(16)17/h4,6,9-11,14H,5,7-8H2,1-3H3. The first-order chi connectivity index (χ1) is 10.4. The molecule has 0 bridgehead atoms. The number of hydroxylamine groups is 2. The Hall–Kier alpha value is -1.76. The van der Waals surface area contributed by atoms with Crippen molar-refractivity contribution in [1.29, 1.82) is 0 Å². The summed E-state index contributed by atoms with van der Waals surface area (Å²) in [4.78, 5) is 17.6. The fraction of sp³-hybridized carbons (Fsp3) is 0.600. The van der Waals surface area contributed by atoms with Gasteiger partial charge in [0, 0.05) is 13.2 Å². The number of hydrogen-bond acceptors (Lipinski definition) is 3. The molecule has 1 aromatic rings. The van der Waals surface area contributed by atoms with Gasteiger partial charge in [0.2, 0.25) is 0 Å². The highest BCUT2D eigenvalue weighted by Gasteiger charge is 2.29. The molecule has 7 heteroatoms. The third-order valence-corrected chi connectivity index (χ3v) is 4.03. The molecule has 1 aliphatic rings. The highest BCUT2D eigenvalue weighted by Crippen LogP contribution is 2.27. The lowest BCUT2D eigenvalue weighted by Crippen LogP contribution is -2.37. The van der Waals surface area contributed by atoms with Crippen LogP contribution in [-0.2, 0) is 11.9 Å². The Bertz CT molecular complexity index is 557. The summed E-state index contributed by atoms with van der Waals surface area (Å²) in [5.74, 6) is -0.00380. The van der Waals surface area contributed by atoms with E-state index in [1.54, 1.807) is 0 Å². The van der Waals surface area contributed by atoms with E-state index < -0.39 is 18.0 Å². The molecule has 0 aromatic carbocycles. The number of aromatic nitrogens is 2. The minimum atomic E-state index is -2.80. The van der Waals surface area contributed by atoms with Gasteiger partial charge < -0.3 is 0 Å². The average Bonchev–Trinajstić information content (AvgIpc) is 2.88. The number of nitrogens with zero attached hydrogens (tertiary/aromatic N) is 3. The maximum absolute atomic E-state index is 13.0. The van der Waals surface area contributed by atoms with Crippen LogP contribution in [0.25, 0.3) is 0 Å². The fourth-order valence-electron chi connectivity index (χ4n) is 2.72. The number of carbonyl (C=O) groups excluding carboxylic acids is 1. The topological polar surface area (TPSA) is 47.4 Å². The number of rotatable bonds is 5. The monoisotopic (exact) mass is 313 g/mol. The van der Waals surface area contributed by atoms with Gasteiger partial charge in [0.25, 0.3) is 12.3 Å². The largest absolute Gasteiger partial charge is 0.282 e. The predicted octanol–water partition coefficient (Wildman–Crippen LogP) is 2.96. The average molecular weight is 313 g/mol. The van der Waals surface area contributed by atoms with Crippen molar-refractivity contribution in [3.8, 4) is 0 Å². The van der Waals surface area contributed by atoms with E-state index in [1.807, 2.05) is 0 Å². The van der Waals surface area contributed by atoms with Crippen LogP contribution < -0.4 is 0 Å². The minimum Gasteiger partial charge on any atom is -0.275 e. The van der Waals surface area contributed by atoms with E-state index in [9.17, 15) is 13.6 Å². The highest BCUT2D eigenvalue weighted by atomic mass is 19.3. The summed E-state index contributed by atoms with van der Waals surface area (Å²) >= 11 is 0. The smallest absolute Gasteiger partial charge is 0.275 e. The molecule has 1 aliphatic carbocycles. The van der Waals surface area contributed by atoms with Crippen LogP contribution in [0, 0.1) is 11.8 Å². The van der Waals surface area contributed by atoms with Crippen LogP contribution in [0.15, 0.2) is 18.3 Å². The lowest BCUT2D eigenvalue weighted by Gasteiger charge is -2.29. The van der Waals surface area contributed by atoms with Gasteiger partial charge in [0.15, 0.2) is 0 Å². The van der Waals surface area contributed by atoms with E-state index in [0.29, 0.717) is 12.5 Å². The molecule has 1 heterocycles. The number of carbonyl (C=O) groups is 1. The van der Waals surface area contributed by atoms with Crippen LogP contribution in [0.2, 0.25) is 0 Å². The van der Waals surface area contributed by atoms with Crippen LogP contribution in [0.4, 0.5) is 8.78 Å². The molecule has 0 radical (unpaired) electrons. The molecular weight excluding hydrogens is 292 g/mol. The van der Waals surface area contributed by atoms with Gasteiger partial charge in [-0.15, -0.1) is 0 Å². The molecule has 0 N–H and O–H groups in total. The molecule has 2 unspecified atom stereocenters. The van der Waals surface area contributed by atoms with Gasteiger partial charge in [-0.25, -0.2) is 13.8 Å². The SMILES string of the molecule is CON(CC1CCC=CC1C)C(=O)c1cn(C)nc1C(F)F. The molecule has 2 atom stereocenters. The van der Waals surface area contributed by atoms with E-state index in [1.165, 1.54) is 25.0 Å². The second-order valence-electron chi connectivity index (χ2n) is 5.58. The molecule has 0 fully saturated rings. The van der Waals surface area contributed by atoms with Crippen molar-refractivity contribution in [3.63, 3.8) is 0 Å². The normalized spacial score (nSPS) is 21.4. The van der Waals surface area contributed by atoms with E-state index in [2.05, 4.69) is 24.2 Å². The van der Waals surface area contributed by atoms with Gasteiger partial charge in [0.05, 0.1) is 19.2 Å².